The number of rotatable bonds is 6. The second-order valence-electron chi connectivity index (χ2n) is 6.91. The first-order chi connectivity index (χ1) is 11.7. The zero-order valence-corrected chi connectivity index (χ0v) is 15.0. The quantitative estimate of drug-likeness (QED) is 0.793. The molecule has 0 unspecified atom stereocenters. The van der Waals surface area contributed by atoms with Gasteiger partial charge < -0.3 is 14.9 Å². The Hall–Kier alpha value is -1.11. The summed E-state index contributed by atoms with van der Waals surface area (Å²) in [5, 5.41) is 10.5. The van der Waals surface area contributed by atoms with E-state index in [2.05, 4.69) is 9.88 Å². The number of aromatic nitrogens is 1. The van der Waals surface area contributed by atoms with E-state index in [4.69, 9.17) is 0 Å². The van der Waals surface area contributed by atoms with E-state index < -0.39 is 0 Å². The number of amides is 1. The largest absolute Gasteiger partial charge is 0.396 e. The second kappa shape index (κ2) is 8.83. The van der Waals surface area contributed by atoms with Crippen molar-refractivity contribution in [2.45, 2.75) is 24.3 Å². The number of aliphatic hydroxyl groups is 1. The average Bonchev–Trinajstić information content (AvgIpc) is 3.13. The Morgan fingerprint density at radius 2 is 2.04 bits per heavy atom. The van der Waals surface area contributed by atoms with E-state index in [1.807, 2.05) is 23.1 Å². The summed E-state index contributed by atoms with van der Waals surface area (Å²) in [4.78, 5) is 21.3. The van der Waals surface area contributed by atoms with Crippen LogP contribution in [0, 0.1) is 11.8 Å². The number of nitrogens with zero attached hydrogens (tertiary/aromatic N) is 3. The van der Waals surface area contributed by atoms with Crippen molar-refractivity contribution in [3.05, 3.63) is 24.4 Å². The minimum Gasteiger partial charge on any atom is -0.396 e. The molecule has 2 saturated heterocycles. The SMILES string of the molecule is O=C(CSc1ccccn1)N1C[C@H](CO)C[C@H](CN2CCCC2)C1. The molecule has 1 aromatic rings. The highest BCUT2D eigenvalue weighted by Gasteiger charge is 2.31. The molecule has 132 valence electrons. The predicted octanol–water partition coefficient (Wildman–Crippen LogP) is 1.73. The molecular weight excluding hydrogens is 322 g/mol. The van der Waals surface area contributed by atoms with Gasteiger partial charge in [0, 0.05) is 32.4 Å². The van der Waals surface area contributed by atoms with Crippen molar-refractivity contribution < 1.29 is 9.90 Å². The summed E-state index contributed by atoms with van der Waals surface area (Å²) in [6.45, 7) is 5.12. The molecule has 0 aliphatic carbocycles. The lowest BCUT2D eigenvalue weighted by Gasteiger charge is -2.38. The van der Waals surface area contributed by atoms with Gasteiger partial charge in [-0.1, -0.05) is 17.8 Å². The van der Waals surface area contributed by atoms with Gasteiger partial charge in [-0.15, -0.1) is 0 Å². The first kappa shape index (κ1) is 17.7. The second-order valence-corrected chi connectivity index (χ2v) is 7.91. The minimum atomic E-state index is 0.162. The monoisotopic (exact) mass is 349 g/mol. The lowest BCUT2D eigenvalue weighted by atomic mass is 9.89. The number of carbonyl (C=O) groups excluding carboxylic acids is 1. The summed E-state index contributed by atoms with van der Waals surface area (Å²) in [6.07, 6.45) is 5.37. The van der Waals surface area contributed by atoms with Crippen LogP contribution in [0.1, 0.15) is 19.3 Å². The van der Waals surface area contributed by atoms with Crippen LogP contribution in [0.15, 0.2) is 29.4 Å². The normalized spacial score (nSPS) is 25.1. The van der Waals surface area contributed by atoms with Crippen LogP contribution < -0.4 is 0 Å². The van der Waals surface area contributed by atoms with Gasteiger partial charge in [-0.3, -0.25) is 4.79 Å². The fourth-order valence-corrected chi connectivity index (χ4v) is 4.54. The molecule has 0 saturated carbocycles. The first-order valence-electron chi connectivity index (χ1n) is 8.89. The summed E-state index contributed by atoms with van der Waals surface area (Å²) in [7, 11) is 0. The van der Waals surface area contributed by atoms with Gasteiger partial charge in [0.2, 0.25) is 5.91 Å². The molecule has 2 fully saturated rings. The highest BCUT2D eigenvalue weighted by Crippen LogP contribution is 2.25. The summed E-state index contributed by atoms with van der Waals surface area (Å²) >= 11 is 1.49. The third-order valence-corrected chi connectivity index (χ3v) is 5.86. The van der Waals surface area contributed by atoms with E-state index in [1.165, 1.54) is 37.7 Å². The standard InChI is InChI=1S/C18H27N3O2S/c22-13-16-9-15(10-20-7-3-4-8-20)11-21(12-16)18(23)14-24-17-5-1-2-6-19-17/h1-2,5-6,15-16,22H,3-4,7-14H2/t15-,16-/m1/s1. The van der Waals surface area contributed by atoms with Crippen LogP contribution >= 0.6 is 11.8 Å². The number of hydrogen-bond donors (Lipinski definition) is 1. The van der Waals surface area contributed by atoms with E-state index in [-0.39, 0.29) is 18.4 Å². The summed E-state index contributed by atoms with van der Waals surface area (Å²) in [6, 6.07) is 5.75. The van der Waals surface area contributed by atoms with E-state index in [0.29, 0.717) is 18.2 Å². The third-order valence-electron chi connectivity index (χ3n) is 4.93. The van der Waals surface area contributed by atoms with Crippen LogP contribution in [0.3, 0.4) is 0 Å². The average molecular weight is 350 g/mol. The summed E-state index contributed by atoms with van der Waals surface area (Å²) < 4.78 is 0. The minimum absolute atomic E-state index is 0.162. The molecule has 5 nitrogen and oxygen atoms in total. The fourth-order valence-electron chi connectivity index (χ4n) is 3.78. The molecule has 1 aromatic heterocycles. The molecule has 0 radical (unpaired) electrons. The Morgan fingerprint density at radius 1 is 1.25 bits per heavy atom. The highest BCUT2D eigenvalue weighted by atomic mass is 32.2. The molecule has 1 N–H and O–H groups in total. The molecule has 3 rings (SSSR count). The summed E-state index contributed by atoms with van der Waals surface area (Å²) in [5.41, 5.74) is 0. The molecule has 1 amide bonds. The number of thioether (sulfide) groups is 1. The topological polar surface area (TPSA) is 56.7 Å². The van der Waals surface area contributed by atoms with Crippen LogP contribution in [0.2, 0.25) is 0 Å². The van der Waals surface area contributed by atoms with Gasteiger partial charge in [0.05, 0.1) is 10.8 Å². The third kappa shape index (κ3) is 4.94. The zero-order chi connectivity index (χ0) is 16.8. The Labute approximate surface area is 148 Å². The van der Waals surface area contributed by atoms with Gasteiger partial charge >= 0.3 is 0 Å². The van der Waals surface area contributed by atoms with Gasteiger partial charge in [-0.05, 0) is 56.3 Å². The van der Waals surface area contributed by atoms with Crippen molar-refractivity contribution in [2.24, 2.45) is 11.8 Å². The molecule has 2 atom stereocenters. The smallest absolute Gasteiger partial charge is 0.233 e. The Kier molecular flexibility index (Phi) is 6.51. The lowest BCUT2D eigenvalue weighted by molar-refractivity contribution is -0.131. The number of piperidine rings is 1. The molecule has 6 heteroatoms. The number of carbonyl (C=O) groups is 1. The van der Waals surface area contributed by atoms with Crippen LogP contribution in [0.25, 0.3) is 0 Å². The first-order valence-corrected chi connectivity index (χ1v) is 9.88. The maximum absolute atomic E-state index is 12.6. The molecule has 0 aromatic carbocycles. The molecule has 3 heterocycles. The van der Waals surface area contributed by atoms with E-state index >= 15 is 0 Å². The predicted molar refractivity (Wildman–Crippen MR) is 95.9 cm³/mol. The Balaban J connectivity index is 1.53. The van der Waals surface area contributed by atoms with Crippen LogP contribution in [0.5, 0.6) is 0 Å². The van der Waals surface area contributed by atoms with Crippen molar-refractivity contribution in [1.29, 1.82) is 0 Å². The van der Waals surface area contributed by atoms with E-state index in [9.17, 15) is 9.90 Å². The zero-order valence-electron chi connectivity index (χ0n) is 14.1. The Morgan fingerprint density at radius 3 is 2.75 bits per heavy atom. The highest BCUT2D eigenvalue weighted by molar-refractivity contribution is 7.99. The van der Waals surface area contributed by atoms with Gasteiger partial charge in [0.1, 0.15) is 0 Å². The molecule has 0 spiro atoms. The van der Waals surface area contributed by atoms with Gasteiger partial charge in [0.15, 0.2) is 0 Å². The molecule has 24 heavy (non-hydrogen) atoms. The number of pyridine rings is 1. The Bertz CT molecular complexity index is 522. The van der Waals surface area contributed by atoms with Crippen molar-refractivity contribution in [2.75, 3.05) is 45.1 Å². The van der Waals surface area contributed by atoms with Crippen LogP contribution in [-0.4, -0.2) is 70.9 Å². The molecule has 2 aliphatic heterocycles. The number of hydrogen-bond acceptors (Lipinski definition) is 5. The van der Waals surface area contributed by atoms with Gasteiger partial charge in [-0.25, -0.2) is 4.98 Å². The summed E-state index contributed by atoms with van der Waals surface area (Å²) in [5.74, 6) is 1.29. The van der Waals surface area contributed by atoms with E-state index in [0.717, 1.165) is 24.5 Å². The van der Waals surface area contributed by atoms with Gasteiger partial charge in [0.25, 0.3) is 0 Å². The molecule has 2 aliphatic rings. The maximum Gasteiger partial charge on any atom is 0.233 e. The van der Waals surface area contributed by atoms with Crippen molar-refractivity contribution in [3.63, 3.8) is 0 Å². The fraction of sp³-hybridized carbons (Fsp3) is 0.667. The lowest BCUT2D eigenvalue weighted by Crippen LogP contribution is -2.48. The number of aliphatic hydroxyl groups excluding tert-OH is 1. The van der Waals surface area contributed by atoms with Gasteiger partial charge in [-0.2, -0.15) is 0 Å². The maximum atomic E-state index is 12.6. The molecule has 0 bridgehead atoms. The van der Waals surface area contributed by atoms with Crippen molar-refractivity contribution in [3.8, 4) is 0 Å². The van der Waals surface area contributed by atoms with Crippen LogP contribution in [0.4, 0.5) is 0 Å². The van der Waals surface area contributed by atoms with Crippen molar-refractivity contribution in [1.82, 2.24) is 14.8 Å². The van der Waals surface area contributed by atoms with Crippen LogP contribution in [-0.2, 0) is 4.79 Å². The molecular formula is C18H27N3O2S. The van der Waals surface area contributed by atoms with Crippen molar-refractivity contribution >= 4 is 17.7 Å². The number of likely N-dealkylation sites (tertiary alicyclic amines) is 2. The van der Waals surface area contributed by atoms with E-state index in [1.54, 1.807) is 6.20 Å².